The van der Waals surface area contributed by atoms with Gasteiger partial charge >= 0.3 is 5.97 Å². The van der Waals surface area contributed by atoms with E-state index in [1.54, 1.807) is 0 Å². The van der Waals surface area contributed by atoms with E-state index in [1.165, 1.54) is 38.8 Å². The van der Waals surface area contributed by atoms with Gasteiger partial charge in [0, 0.05) is 12.6 Å². The minimum atomic E-state index is -0.514. The van der Waals surface area contributed by atoms with Gasteiger partial charge in [-0.15, -0.1) is 0 Å². The third kappa shape index (κ3) is 4.45. The molecule has 1 unspecified atom stereocenters. The van der Waals surface area contributed by atoms with Crippen LogP contribution in [-0.4, -0.2) is 48.7 Å². The monoisotopic (exact) mass is 282 g/mol. The van der Waals surface area contributed by atoms with E-state index >= 15 is 0 Å². The predicted molar refractivity (Wildman–Crippen MR) is 80.7 cm³/mol. The molecule has 1 N–H and O–H groups in total. The van der Waals surface area contributed by atoms with Crippen molar-refractivity contribution in [2.24, 2.45) is 5.92 Å². The summed E-state index contributed by atoms with van der Waals surface area (Å²) in [7, 11) is 0. The summed E-state index contributed by atoms with van der Waals surface area (Å²) in [5, 5.41) is 3.50. The van der Waals surface area contributed by atoms with Crippen molar-refractivity contribution in [1.29, 1.82) is 0 Å². The first kappa shape index (κ1) is 15.8. The Hall–Kier alpha value is -0.610. The van der Waals surface area contributed by atoms with Crippen LogP contribution in [0.5, 0.6) is 0 Å². The molecule has 1 heterocycles. The Kier molecular flexibility index (Phi) is 5.44. The van der Waals surface area contributed by atoms with Gasteiger partial charge in [-0.05, 0) is 65.0 Å². The molecule has 1 atom stereocenters. The first-order valence-electron chi connectivity index (χ1n) is 8.21. The second kappa shape index (κ2) is 6.90. The maximum atomic E-state index is 12.2. The van der Waals surface area contributed by atoms with Crippen molar-refractivity contribution in [3.05, 3.63) is 0 Å². The third-order valence-electron chi connectivity index (χ3n) is 4.63. The van der Waals surface area contributed by atoms with Gasteiger partial charge in [0.2, 0.25) is 0 Å². The highest BCUT2D eigenvalue weighted by atomic mass is 16.5. The Labute approximate surface area is 123 Å². The first-order valence-corrected chi connectivity index (χ1v) is 8.21. The number of piperidine rings is 1. The van der Waals surface area contributed by atoms with E-state index in [0.717, 1.165) is 18.9 Å². The highest BCUT2D eigenvalue weighted by molar-refractivity contribution is 5.80. The quantitative estimate of drug-likeness (QED) is 0.727. The van der Waals surface area contributed by atoms with Crippen molar-refractivity contribution in [3.8, 4) is 0 Å². The van der Waals surface area contributed by atoms with E-state index in [2.05, 4.69) is 17.1 Å². The lowest BCUT2D eigenvalue weighted by Crippen LogP contribution is -2.53. The van der Waals surface area contributed by atoms with Crippen LogP contribution in [0.15, 0.2) is 0 Å². The van der Waals surface area contributed by atoms with Crippen molar-refractivity contribution >= 4 is 5.97 Å². The van der Waals surface area contributed by atoms with Gasteiger partial charge < -0.3 is 9.64 Å². The van der Waals surface area contributed by atoms with Gasteiger partial charge in [-0.1, -0.05) is 6.92 Å². The van der Waals surface area contributed by atoms with Crippen molar-refractivity contribution in [2.75, 3.05) is 26.2 Å². The molecular weight excluding hydrogens is 252 g/mol. The molecule has 2 rings (SSSR count). The smallest absolute Gasteiger partial charge is 0.326 e. The molecule has 0 aromatic heterocycles. The average Bonchev–Trinajstić information content (AvgIpc) is 3.22. The van der Waals surface area contributed by atoms with Gasteiger partial charge in [0.25, 0.3) is 0 Å². The zero-order chi connectivity index (χ0) is 14.6. The summed E-state index contributed by atoms with van der Waals surface area (Å²) in [5.74, 6) is 0.768. The molecule has 0 bridgehead atoms. The van der Waals surface area contributed by atoms with Gasteiger partial charge in [0.05, 0.1) is 6.61 Å². The van der Waals surface area contributed by atoms with E-state index < -0.39 is 5.54 Å². The Morgan fingerprint density at radius 3 is 2.50 bits per heavy atom. The molecule has 4 heteroatoms. The van der Waals surface area contributed by atoms with Crippen LogP contribution in [-0.2, 0) is 9.53 Å². The standard InChI is InChI=1S/C16H30N2O2/c1-4-20-15(19)16(3,17-14-5-6-14)9-12-18-10-7-13(2)8-11-18/h13-14,17H,4-12H2,1-3H3. The summed E-state index contributed by atoms with van der Waals surface area (Å²) >= 11 is 0. The number of likely N-dealkylation sites (tertiary alicyclic amines) is 1. The third-order valence-corrected chi connectivity index (χ3v) is 4.63. The van der Waals surface area contributed by atoms with Gasteiger partial charge in [0.15, 0.2) is 0 Å². The van der Waals surface area contributed by atoms with Crippen LogP contribution in [0, 0.1) is 5.92 Å². The van der Waals surface area contributed by atoms with Crippen LogP contribution >= 0.6 is 0 Å². The number of carbonyl (C=O) groups excluding carboxylic acids is 1. The van der Waals surface area contributed by atoms with Crippen LogP contribution in [0.2, 0.25) is 0 Å². The number of ether oxygens (including phenoxy) is 1. The Balaban J connectivity index is 1.84. The number of hydrogen-bond acceptors (Lipinski definition) is 4. The van der Waals surface area contributed by atoms with Crippen molar-refractivity contribution < 1.29 is 9.53 Å². The fraction of sp³-hybridized carbons (Fsp3) is 0.938. The van der Waals surface area contributed by atoms with Gasteiger partial charge in [-0.3, -0.25) is 10.1 Å². The number of rotatable bonds is 7. The topological polar surface area (TPSA) is 41.6 Å². The van der Waals surface area contributed by atoms with Crippen LogP contribution in [0.3, 0.4) is 0 Å². The van der Waals surface area contributed by atoms with E-state index in [-0.39, 0.29) is 5.97 Å². The molecule has 0 spiro atoms. The van der Waals surface area contributed by atoms with Crippen LogP contribution < -0.4 is 5.32 Å². The molecule has 1 aliphatic heterocycles. The molecule has 1 saturated heterocycles. The van der Waals surface area contributed by atoms with Crippen LogP contribution in [0.4, 0.5) is 0 Å². The van der Waals surface area contributed by atoms with E-state index in [1.807, 2.05) is 13.8 Å². The zero-order valence-electron chi connectivity index (χ0n) is 13.3. The highest BCUT2D eigenvalue weighted by Crippen LogP contribution is 2.26. The zero-order valence-corrected chi connectivity index (χ0v) is 13.3. The van der Waals surface area contributed by atoms with Crippen molar-refractivity contribution in [3.63, 3.8) is 0 Å². The molecule has 20 heavy (non-hydrogen) atoms. The number of esters is 1. The van der Waals surface area contributed by atoms with Crippen molar-refractivity contribution in [2.45, 2.75) is 64.5 Å². The minimum Gasteiger partial charge on any atom is -0.465 e. The summed E-state index contributed by atoms with van der Waals surface area (Å²) in [6.07, 6.45) is 5.79. The summed E-state index contributed by atoms with van der Waals surface area (Å²) in [6, 6.07) is 0.519. The molecule has 1 aliphatic carbocycles. The molecular formula is C16H30N2O2. The summed E-state index contributed by atoms with van der Waals surface area (Å²) in [6.45, 7) is 10.0. The molecule has 0 aromatic rings. The Bertz CT molecular complexity index is 322. The summed E-state index contributed by atoms with van der Waals surface area (Å²) in [4.78, 5) is 14.7. The second-order valence-electron chi connectivity index (χ2n) is 6.75. The number of carbonyl (C=O) groups is 1. The average molecular weight is 282 g/mol. The Morgan fingerprint density at radius 1 is 1.30 bits per heavy atom. The minimum absolute atomic E-state index is 0.0859. The molecule has 2 fully saturated rings. The maximum absolute atomic E-state index is 12.2. The molecule has 2 aliphatic rings. The summed E-state index contributed by atoms with van der Waals surface area (Å²) in [5.41, 5.74) is -0.514. The molecule has 0 amide bonds. The largest absolute Gasteiger partial charge is 0.465 e. The highest BCUT2D eigenvalue weighted by Gasteiger charge is 2.39. The Morgan fingerprint density at radius 2 is 1.95 bits per heavy atom. The first-order chi connectivity index (χ1) is 9.53. The van der Waals surface area contributed by atoms with Gasteiger partial charge in [-0.2, -0.15) is 0 Å². The predicted octanol–water partition coefficient (Wildman–Crippen LogP) is 2.18. The molecule has 0 aromatic carbocycles. The van der Waals surface area contributed by atoms with Crippen LogP contribution in [0.25, 0.3) is 0 Å². The lowest BCUT2D eigenvalue weighted by molar-refractivity contribution is -0.151. The number of hydrogen-bond donors (Lipinski definition) is 1. The second-order valence-corrected chi connectivity index (χ2v) is 6.75. The van der Waals surface area contributed by atoms with E-state index in [4.69, 9.17) is 4.74 Å². The molecule has 4 nitrogen and oxygen atoms in total. The lowest BCUT2D eigenvalue weighted by atomic mass is 9.95. The maximum Gasteiger partial charge on any atom is 0.326 e. The lowest BCUT2D eigenvalue weighted by Gasteiger charge is -2.34. The SMILES string of the molecule is CCOC(=O)C(C)(CCN1CCC(C)CC1)NC1CC1. The normalized spacial score (nSPS) is 24.4. The molecule has 0 radical (unpaired) electrons. The van der Waals surface area contributed by atoms with Crippen molar-refractivity contribution in [1.82, 2.24) is 10.2 Å². The number of nitrogens with one attached hydrogen (secondary N) is 1. The fourth-order valence-corrected chi connectivity index (χ4v) is 2.87. The summed E-state index contributed by atoms with van der Waals surface area (Å²) < 4.78 is 5.27. The van der Waals surface area contributed by atoms with Gasteiger partial charge in [-0.25, -0.2) is 0 Å². The molecule has 116 valence electrons. The number of nitrogens with zero attached hydrogens (tertiary/aromatic N) is 1. The van der Waals surface area contributed by atoms with E-state index in [9.17, 15) is 4.79 Å². The van der Waals surface area contributed by atoms with Crippen LogP contribution in [0.1, 0.15) is 52.9 Å². The fourth-order valence-electron chi connectivity index (χ4n) is 2.87. The molecule has 1 saturated carbocycles. The van der Waals surface area contributed by atoms with Gasteiger partial charge in [0.1, 0.15) is 5.54 Å². The van der Waals surface area contributed by atoms with E-state index in [0.29, 0.717) is 12.6 Å².